The molecular weight excluding hydrogens is 376 g/mol. The summed E-state index contributed by atoms with van der Waals surface area (Å²) in [5.41, 5.74) is 2.47. The maximum absolute atomic E-state index is 5.88. The van der Waals surface area contributed by atoms with Gasteiger partial charge in [0, 0.05) is 32.0 Å². The van der Waals surface area contributed by atoms with Crippen molar-refractivity contribution in [3.63, 3.8) is 0 Å². The number of nitrogens with zero attached hydrogens (tertiary/aromatic N) is 9. The van der Waals surface area contributed by atoms with Gasteiger partial charge in [0.05, 0.1) is 22.8 Å². The van der Waals surface area contributed by atoms with Crippen molar-refractivity contribution in [1.29, 1.82) is 0 Å². The Kier molecular flexibility index (Phi) is 4.60. The number of aromatic nitrogens is 9. The van der Waals surface area contributed by atoms with Crippen LogP contribution in [-0.2, 0) is 17.8 Å². The minimum Gasteiger partial charge on any atom is -0.419 e. The topological polar surface area (TPSA) is 134 Å². The Bertz CT molecular complexity index is 1100. The molecule has 0 unspecified atom stereocenters. The van der Waals surface area contributed by atoms with Crippen LogP contribution in [0.1, 0.15) is 25.7 Å². The van der Waals surface area contributed by atoms with Gasteiger partial charge in [0.1, 0.15) is 12.9 Å². The summed E-state index contributed by atoms with van der Waals surface area (Å²) in [6, 6.07) is 0.293. The minimum atomic E-state index is 0.293. The van der Waals surface area contributed by atoms with Crippen LogP contribution in [0.4, 0.5) is 5.69 Å². The number of hydrogen-bond donors (Lipinski definition) is 1. The standard InChI is InChI=1S/C17H20N10O2/c1-2-27-16-12(8-20-27)15(21-11-3-5-28-6-4-11)13(7-18-16)17-23-22-14(29-17)9-26-10-19-24-25-26/h7-8,10-11H,2-6,9H2,1H3,(H,18,21). The predicted octanol–water partition coefficient (Wildman–Crippen LogP) is 1.13. The summed E-state index contributed by atoms with van der Waals surface area (Å²) in [6.45, 7) is 4.56. The van der Waals surface area contributed by atoms with Gasteiger partial charge in [0.2, 0.25) is 5.89 Å². The van der Waals surface area contributed by atoms with Crippen molar-refractivity contribution in [2.24, 2.45) is 0 Å². The van der Waals surface area contributed by atoms with E-state index in [1.807, 2.05) is 17.8 Å². The molecule has 0 spiro atoms. The third-order valence-electron chi connectivity index (χ3n) is 4.92. The lowest BCUT2D eigenvalue weighted by Gasteiger charge is -2.25. The number of rotatable bonds is 6. The number of nitrogens with one attached hydrogen (secondary N) is 1. The fourth-order valence-electron chi connectivity index (χ4n) is 3.44. The second-order valence-corrected chi connectivity index (χ2v) is 6.78. The van der Waals surface area contributed by atoms with E-state index >= 15 is 0 Å². The first kappa shape index (κ1) is 17.7. The predicted molar refractivity (Wildman–Crippen MR) is 101 cm³/mol. The molecule has 12 heteroatoms. The summed E-state index contributed by atoms with van der Waals surface area (Å²) >= 11 is 0. The molecule has 1 aliphatic heterocycles. The lowest BCUT2D eigenvalue weighted by atomic mass is 10.1. The maximum atomic E-state index is 5.88. The van der Waals surface area contributed by atoms with Gasteiger partial charge in [0.15, 0.2) is 5.65 Å². The summed E-state index contributed by atoms with van der Waals surface area (Å²) in [4.78, 5) is 4.60. The summed E-state index contributed by atoms with van der Waals surface area (Å²) in [6.07, 6.45) is 6.94. The molecule has 1 fully saturated rings. The van der Waals surface area contributed by atoms with Gasteiger partial charge in [-0.25, -0.2) is 14.3 Å². The Morgan fingerprint density at radius 1 is 1.21 bits per heavy atom. The number of tetrazole rings is 1. The molecule has 1 aliphatic rings. The van der Waals surface area contributed by atoms with Gasteiger partial charge in [0.25, 0.3) is 5.89 Å². The van der Waals surface area contributed by atoms with Gasteiger partial charge in [-0.05, 0) is 30.2 Å². The molecule has 5 heterocycles. The fourth-order valence-corrected chi connectivity index (χ4v) is 3.44. The highest BCUT2D eigenvalue weighted by molar-refractivity contribution is 5.96. The van der Waals surface area contributed by atoms with E-state index in [0.717, 1.165) is 54.9 Å². The quantitative estimate of drug-likeness (QED) is 0.505. The molecule has 29 heavy (non-hydrogen) atoms. The average Bonchev–Trinajstić information content (AvgIpc) is 3.50. The van der Waals surface area contributed by atoms with Crippen LogP contribution in [0.15, 0.2) is 23.1 Å². The van der Waals surface area contributed by atoms with E-state index < -0.39 is 0 Å². The van der Waals surface area contributed by atoms with E-state index in [0.29, 0.717) is 24.4 Å². The van der Waals surface area contributed by atoms with Crippen LogP contribution in [0.25, 0.3) is 22.5 Å². The number of anilines is 1. The highest BCUT2D eigenvalue weighted by Gasteiger charge is 2.22. The van der Waals surface area contributed by atoms with Crippen LogP contribution in [-0.4, -0.2) is 64.4 Å². The molecule has 0 aromatic carbocycles. The Morgan fingerprint density at radius 2 is 2.10 bits per heavy atom. The van der Waals surface area contributed by atoms with Gasteiger partial charge in [-0.3, -0.25) is 0 Å². The Hall–Kier alpha value is -3.41. The summed E-state index contributed by atoms with van der Waals surface area (Å²) in [5.74, 6) is 0.801. The molecule has 0 amide bonds. The van der Waals surface area contributed by atoms with Gasteiger partial charge in [-0.2, -0.15) is 5.10 Å². The van der Waals surface area contributed by atoms with E-state index in [2.05, 4.69) is 41.1 Å². The molecule has 12 nitrogen and oxygen atoms in total. The molecule has 0 atom stereocenters. The Morgan fingerprint density at radius 3 is 2.90 bits per heavy atom. The normalized spacial score (nSPS) is 15.2. The lowest BCUT2D eigenvalue weighted by molar-refractivity contribution is 0.0905. The molecule has 0 bridgehead atoms. The van der Waals surface area contributed by atoms with Crippen molar-refractivity contribution in [1.82, 2.24) is 45.2 Å². The summed E-state index contributed by atoms with van der Waals surface area (Å²) < 4.78 is 14.8. The maximum Gasteiger partial charge on any atom is 0.251 e. The largest absolute Gasteiger partial charge is 0.419 e. The second-order valence-electron chi connectivity index (χ2n) is 6.78. The Balaban J connectivity index is 1.53. The number of fused-ring (bicyclic) bond motifs is 1. The van der Waals surface area contributed by atoms with E-state index in [9.17, 15) is 0 Å². The number of aryl methyl sites for hydroxylation is 1. The minimum absolute atomic E-state index is 0.293. The van der Waals surface area contributed by atoms with Crippen LogP contribution in [0.2, 0.25) is 0 Å². The summed E-state index contributed by atoms with van der Waals surface area (Å²) in [7, 11) is 0. The zero-order valence-electron chi connectivity index (χ0n) is 15.9. The van der Waals surface area contributed by atoms with E-state index in [1.165, 1.54) is 11.0 Å². The average molecular weight is 396 g/mol. The van der Waals surface area contributed by atoms with Crippen LogP contribution < -0.4 is 5.32 Å². The number of hydrogen-bond acceptors (Lipinski definition) is 10. The monoisotopic (exact) mass is 396 g/mol. The smallest absolute Gasteiger partial charge is 0.251 e. The fraction of sp³-hybridized carbons (Fsp3) is 0.471. The van der Waals surface area contributed by atoms with Gasteiger partial charge in [-0.15, -0.1) is 15.3 Å². The zero-order chi connectivity index (χ0) is 19.6. The molecule has 0 radical (unpaired) electrons. The molecule has 150 valence electrons. The molecule has 0 aliphatic carbocycles. The molecule has 0 saturated carbocycles. The highest BCUT2D eigenvalue weighted by atomic mass is 16.5. The second kappa shape index (κ2) is 7.54. The van der Waals surface area contributed by atoms with Crippen molar-refractivity contribution >= 4 is 16.7 Å². The molecule has 4 aromatic rings. The van der Waals surface area contributed by atoms with Gasteiger partial charge in [-0.1, -0.05) is 0 Å². The van der Waals surface area contributed by atoms with Gasteiger partial charge < -0.3 is 14.5 Å². The van der Waals surface area contributed by atoms with Crippen LogP contribution in [0.3, 0.4) is 0 Å². The third-order valence-corrected chi connectivity index (χ3v) is 4.92. The van der Waals surface area contributed by atoms with Crippen molar-refractivity contribution in [2.45, 2.75) is 38.9 Å². The molecule has 5 rings (SSSR count). The van der Waals surface area contributed by atoms with Crippen molar-refractivity contribution in [3.05, 3.63) is 24.6 Å². The van der Waals surface area contributed by atoms with E-state index in [1.54, 1.807) is 6.20 Å². The number of pyridine rings is 1. The van der Waals surface area contributed by atoms with Crippen molar-refractivity contribution in [2.75, 3.05) is 18.5 Å². The molecule has 1 saturated heterocycles. The van der Waals surface area contributed by atoms with E-state index in [4.69, 9.17) is 9.15 Å². The first-order valence-electron chi connectivity index (χ1n) is 9.54. The lowest BCUT2D eigenvalue weighted by Crippen LogP contribution is -2.28. The molecule has 1 N–H and O–H groups in total. The van der Waals surface area contributed by atoms with Crippen LogP contribution in [0, 0.1) is 0 Å². The number of ether oxygens (including phenoxy) is 1. The highest BCUT2D eigenvalue weighted by Crippen LogP contribution is 2.34. The van der Waals surface area contributed by atoms with E-state index in [-0.39, 0.29) is 0 Å². The SMILES string of the molecule is CCn1ncc2c(NC3CCOCC3)c(-c3nnc(Cn4cnnn4)o3)cnc21. The van der Waals surface area contributed by atoms with Crippen molar-refractivity contribution in [3.8, 4) is 11.5 Å². The Labute approximate surface area is 165 Å². The first-order chi connectivity index (χ1) is 14.3. The van der Waals surface area contributed by atoms with Crippen molar-refractivity contribution < 1.29 is 9.15 Å². The first-order valence-corrected chi connectivity index (χ1v) is 9.54. The third kappa shape index (κ3) is 3.42. The van der Waals surface area contributed by atoms with Crippen LogP contribution in [0.5, 0.6) is 0 Å². The summed E-state index contributed by atoms with van der Waals surface area (Å²) in [5, 5.41) is 28.4. The van der Waals surface area contributed by atoms with Crippen LogP contribution >= 0.6 is 0 Å². The zero-order valence-corrected chi connectivity index (χ0v) is 15.9. The molecular formula is C17H20N10O2. The van der Waals surface area contributed by atoms with Gasteiger partial charge >= 0.3 is 0 Å². The molecule has 4 aromatic heterocycles.